The summed E-state index contributed by atoms with van der Waals surface area (Å²) in [5.74, 6) is -0.0984. The minimum absolute atomic E-state index is 0.0984. The number of carbonyl (C=O) groups excluding carboxylic acids is 2. The average Bonchev–Trinajstić information content (AvgIpc) is 2.79. The van der Waals surface area contributed by atoms with Crippen LogP contribution >= 0.6 is 15.9 Å². The first-order valence-electron chi connectivity index (χ1n) is 9.94. The van der Waals surface area contributed by atoms with E-state index in [1.54, 1.807) is 11.0 Å². The zero-order valence-electron chi connectivity index (χ0n) is 18.4. The summed E-state index contributed by atoms with van der Waals surface area (Å²) in [6.07, 6.45) is 3.30. The van der Waals surface area contributed by atoms with E-state index in [0.717, 1.165) is 41.8 Å². The van der Waals surface area contributed by atoms with Crippen LogP contribution in [0.2, 0.25) is 0 Å². The molecular formula is C21H31BrN4O3. The minimum atomic E-state index is -0.469. The van der Waals surface area contributed by atoms with Crippen LogP contribution in [0.25, 0.3) is 0 Å². The van der Waals surface area contributed by atoms with Crippen molar-refractivity contribution in [2.45, 2.75) is 59.1 Å². The summed E-state index contributed by atoms with van der Waals surface area (Å²) in [6, 6.07) is 0.257. The number of allylic oxidation sites excluding steroid dienone is 2. The number of amides is 1. The SMILES string of the molecule is C/C(=C\C(=O)c1nn(C2CC3(C2)CN(C(=O)OC(C)(C)C)C3)c(C)c1Br)N(C)C. The molecule has 0 atom stereocenters. The summed E-state index contributed by atoms with van der Waals surface area (Å²) in [4.78, 5) is 28.5. The zero-order chi connectivity index (χ0) is 21.7. The van der Waals surface area contributed by atoms with Gasteiger partial charge in [-0.15, -0.1) is 0 Å². The highest BCUT2D eigenvalue weighted by Gasteiger charge is 2.55. The quantitative estimate of drug-likeness (QED) is 0.491. The number of rotatable bonds is 4. The third-order valence-corrected chi connectivity index (χ3v) is 6.69. The molecule has 2 heterocycles. The largest absolute Gasteiger partial charge is 0.444 e. The summed E-state index contributed by atoms with van der Waals surface area (Å²) < 4.78 is 8.17. The van der Waals surface area contributed by atoms with Crippen LogP contribution in [-0.4, -0.2) is 64.2 Å². The molecule has 0 radical (unpaired) electrons. The van der Waals surface area contributed by atoms with E-state index in [0.29, 0.717) is 5.69 Å². The van der Waals surface area contributed by atoms with Crippen molar-refractivity contribution in [3.8, 4) is 0 Å². The van der Waals surface area contributed by atoms with Crippen molar-refractivity contribution in [1.82, 2.24) is 19.6 Å². The predicted octanol–water partition coefficient (Wildman–Crippen LogP) is 4.17. The molecular weight excluding hydrogens is 436 g/mol. The summed E-state index contributed by atoms with van der Waals surface area (Å²) >= 11 is 3.55. The molecule has 2 aliphatic rings. The Balaban J connectivity index is 1.63. The van der Waals surface area contributed by atoms with Crippen molar-refractivity contribution in [2.75, 3.05) is 27.2 Å². The van der Waals surface area contributed by atoms with Crippen molar-refractivity contribution < 1.29 is 14.3 Å². The molecule has 1 spiro atoms. The average molecular weight is 467 g/mol. The lowest BCUT2D eigenvalue weighted by molar-refractivity contribution is -0.0931. The van der Waals surface area contributed by atoms with Crippen LogP contribution in [0.5, 0.6) is 0 Å². The van der Waals surface area contributed by atoms with Crippen LogP contribution in [-0.2, 0) is 4.74 Å². The first kappa shape index (κ1) is 21.9. The Kier molecular flexibility index (Phi) is 5.62. The van der Waals surface area contributed by atoms with Crippen molar-refractivity contribution in [3.05, 3.63) is 27.6 Å². The zero-order valence-corrected chi connectivity index (χ0v) is 20.0. The van der Waals surface area contributed by atoms with E-state index in [2.05, 4.69) is 21.0 Å². The van der Waals surface area contributed by atoms with Gasteiger partial charge in [-0.2, -0.15) is 5.10 Å². The number of ether oxygens (including phenoxy) is 1. The summed E-state index contributed by atoms with van der Waals surface area (Å²) in [5, 5.41) is 4.62. The Labute approximate surface area is 181 Å². The minimum Gasteiger partial charge on any atom is -0.444 e. The lowest BCUT2D eigenvalue weighted by atomic mass is 9.61. The summed E-state index contributed by atoms with van der Waals surface area (Å²) in [6.45, 7) is 11.0. The van der Waals surface area contributed by atoms with E-state index in [9.17, 15) is 9.59 Å². The molecule has 0 bridgehead atoms. The van der Waals surface area contributed by atoms with Gasteiger partial charge in [-0.3, -0.25) is 9.48 Å². The highest BCUT2D eigenvalue weighted by Crippen LogP contribution is 2.54. The predicted molar refractivity (Wildman–Crippen MR) is 115 cm³/mol. The smallest absolute Gasteiger partial charge is 0.410 e. The molecule has 3 rings (SSSR count). The molecule has 0 aromatic carbocycles. The third-order valence-electron chi connectivity index (χ3n) is 5.74. The van der Waals surface area contributed by atoms with Crippen LogP contribution in [0.3, 0.4) is 0 Å². The van der Waals surface area contributed by atoms with Crippen molar-refractivity contribution in [2.24, 2.45) is 5.41 Å². The van der Waals surface area contributed by atoms with Crippen LogP contribution < -0.4 is 0 Å². The maximum atomic E-state index is 12.6. The normalized spacial score (nSPS) is 19.0. The van der Waals surface area contributed by atoms with E-state index in [4.69, 9.17) is 4.74 Å². The monoisotopic (exact) mass is 466 g/mol. The van der Waals surface area contributed by atoms with Gasteiger partial charge in [-0.05, 0) is 63.4 Å². The standard InChI is InChI=1S/C21H31BrN4O3/c1-13(24(6)7)8-16(27)18-17(22)14(2)26(23-18)15-9-21(10-15)11-25(12-21)19(28)29-20(3,4)5/h8,15H,9-12H2,1-7H3/b13-8+. The fourth-order valence-electron chi connectivity index (χ4n) is 3.99. The van der Waals surface area contributed by atoms with Gasteiger partial charge in [0.2, 0.25) is 5.78 Å². The Morgan fingerprint density at radius 1 is 1.28 bits per heavy atom. The number of hydrogen-bond donors (Lipinski definition) is 0. The van der Waals surface area contributed by atoms with E-state index in [-0.39, 0.29) is 23.3 Å². The molecule has 7 nitrogen and oxygen atoms in total. The second-order valence-electron chi connectivity index (χ2n) is 9.64. The molecule has 1 aromatic rings. The molecule has 1 aliphatic heterocycles. The number of hydrogen-bond acceptors (Lipinski definition) is 5. The Morgan fingerprint density at radius 3 is 2.38 bits per heavy atom. The molecule has 1 saturated carbocycles. The van der Waals surface area contributed by atoms with E-state index >= 15 is 0 Å². The fourth-order valence-corrected chi connectivity index (χ4v) is 4.45. The number of likely N-dealkylation sites (tertiary alicyclic amines) is 1. The maximum Gasteiger partial charge on any atom is 0.410 e. The van der Waals surface area contributed by atoms with Gasteiger partial charge in [0.15, 0.2) is 0 Å². The molecule has 1 aromatic heterocycles. The number of halogens is 1. The first-order valence-corrected chi connectivity index (χ1v) is 10.7. The number of carbonyl (C=O) groups is 2. The molecule has 160 valence electrons. The molecule has 1 aliphatic carbocycles. The van der Waals surface area contributed by atoms with Crippen LogP contribution in [0.15, 0.2) is 16.2 Å². The Morgan fingerprint density at radius 2 is 1.86 bits per heavy atom. The molecule has 8 heteroatoms. The number of nitrogens with zero attached hydrogens (tertiary/aromatic N) is 4. The van der Waals surface area contributed by atoms with Crippen molar-refractivity contribution in [1.29, 1.82) is 0 Å². The molecule has 29 heavy (non-hydrogen) atoms. The highest BCUT2D eigenvalue weighted by molar-refractivity contribution is 9.10. The molecule has 0 unspecified atom stereocenters. The van der Waals surface area contributed by atoms with Gasteiger partial charge in [0.25, 0.3) is 0 Å². The van der Waals surface area contributed by atoms with Gasteiger partial charge in [-0.1, -0.05) is 0 Å². The molecule has 2 fully saturated rings. The molecule has 1 amide bonds. The Hall–Kier alpha value is -1.83. The summed E-state index contributed by atoms with van der Waals surface area (Å²) in [7, 11) is 3.82. The molecule has 1 saturated heterocycles. The highest BCUT2D eigenvalue weighted by atomic mass is 79.9. The first-order chi connectivity index (χ1) is 13.3. The van der Waals surface area contributed by atoms with Crippen LogP contribution in [0.4, 0.5) is 4.79 Å². The van der Waals surface area contributed by atoms with Crippen molar-refractivity contribution in [3.63, 3.8) is 0 Å². The molecule has 0 N–H and O–H groups in total. The maximum absolute atomic E-state index is 12.6. The Bertz CT molecular complexity index is 852. The van der Waals surface area contributed by atoms with E-state index in [1.807, 2.05) is 58.3 Å². The van der Waals surface area contributed by atoms with Crippen molar-refractivity contribution >= 4 is 27.8 Å². The number of ketones is 1. The lowest BCUT2D eigenvalue weighted by Crippen LogP contribution is -2.64. The lowest BCUT2D eigenvalue weighted by Gasteiger charge is -2.58. The second kappa shape index (κ2) is 7.45. The fraction of sp³-hybridized carbons (Fsp3) is 0.667. The van der Waals surface area contributed by atoms with Crippen LogP contribution in [0, 0.1) is 12.3 Å². The van der Waals surface area contributed by atoms with Gasteiger partial charge in [0.1, 0.15) is 11.3 Å². The van der Waals surface area contributed by atoms with Gasteiger partial charge in [0.05, 0.1) is 16.2 Å². The van der Waals surface area contributed by atoms with Gasteiger partial charge < -0.3 is 14.5 Å². The second-order valence-corrected chi connectivity index (χ2v) is 10.4. The van der Waals surface area contributed by atoms with Gasteiger partial charge >= 0.3 is 6.09 Å². The van der Waals surface area contributed by atoms with E-state index < -0.39 is 5.60 Å². The topological polar surface area (TPSA) is 67.7 Å². The third kappa shape index (κ3) is 4.37. The van der Waals surface area contributed by atoms with Gasteiger partial charge in [-0.25, -0.2) is 4.79 Å². The van der Waals surface area contributed by atoms with Crippen LogP contribution in [0.1, 0.15) is 62.8 Å². The summed E-state index contributed by atoms with van der Waals surface area (Å²) in [5.41, 5.74) is 2.00. The number of aromatic nitrogens is 2. The van der Waals surface area contributed by atoms with Gasteiger partial charge in [0, 0.05) is 44.4 Å². The van der Waals surface area contributed by atoms with E-state index in [1.165, 1.54) is 0 Å².